The maximum atomic E-state index is 13.0. The quantitative estimate of drug-likeness (QED) is 0.592. The van der Waals surface area contributed by atoms with Gasteiger partial charge in [0.15, 0.2) is 6.10 Å². The summed E-state index contributed by atoms with van der Waals surface area (Å²) in [5.74, 6) is -2.17. The minimum Gasteiger partial charge on any atom is -0.453 e. The van der Waals surface area contributed by atoms with Crippen molar-refractivity contribution in [3.05, 3.63) is 58.0 Å². The van der Waals surface area contributed by atoms with Gasteiger partial charge in [-0.25, -0.2) is 9.18 Å². The Morgan fingerprint density at radius 3 is 2.27 bits per heavy atom. The molecule has 1 amide bonds. The molecule has 138 valence electrons. The second-order valence-electron chi connectivity index (χ2n) is 6.12. The van der Waals surface area contributed by atoms with E-state index in [2.05, 4.69) is 5.32 Å². The van der Waals surface area contributed by atoms with Crippen molar-refractivity contribution in [3.8, 4) is 0 Å². The van der Waals surface area contributed by atoms with Gasteiger partial charge in [0.2, 0.25) is 5.78 Å². The lowest BCUT2D eigenvalue weighted by Crippen LogP contribution is -2.46. The zero-order valence-electron chi connectivity index (χ0n) is 14.7. The van der Waals surface area contributed by atoms with Gasteiger partial charge >= 0.3 is 5.97 Å². The molecule has 5 nitrogen and oxygen atoms in total. The third-order valence-corrected chi connectivity index (χ3v) is 4.61. The van der Waals surface area contributed by atoms with Crippen LogP contribution in [0.4, 0.5) is 4.39 Å². The molecule has 2 rings (SSSR count). The lowest BCUT2D eigenvalue weighted by Gasteiger charge is -2.22. The second kappa shape index (κ2) is 8.71. The van der Waals surface area contributed by atoms with E-state index in [0.29, 0.717) is 4.88 Å². The number of ketones is 1. The predicted octanol–water partition coefficient (Wildman–Crippen LogP) is 3.46. The highest BCUT2D eigenvalue weighted by Gasteiger charge is 2.29. The number of nitrogens with one attached hydrogen (secondary N) is 1. The lowest BCUT2D eigenvalue weighted by atomic mass is 10.0. The molecule has 1 aromatic heterocycles. The van der Waals surface area contributed by atoms with Crippen LogP contribution in [0.3, 0.4) is 0 Å². The maximum Gasteiger partial charge on any atom is 0.329 e. The van der Waals surface area contributed by atoms with Crippen LogP contribution in [0.25, 0.3) is 0 Å². The van der Waals surface area contributed by atoms with Crippen molar-refractivity contribution in [2.75, 3.05) is 0 Å². The molecule has 26 heavy (non-hydrogen) atoms. The first-order valence-electron chi connectivity index (χ1n) is 8.14. The van der Waals surface area contributed by atoms with E-state index in [0.717, 1.165) is 0 Å². The Morgan fingerprint density at radius 1 is 1.08 bits per heavy atom. The maximum absolute atomic E-state index is 13.0. The summed E-state index contributed by atoms with van der Waals surface area (Å²) in [6.07, 6.45) is -1.05. The average molecular weight is 377 g/mol. The molecule has 2 atom stereocenters. The number of hydrogen-bond donors (Lipinski definition) is 1. The van der Waals surface area contributed by atoms with Gasteiger partial charge in [0.25, 0.3) is 5.91 Å². The molecule has 0 saturated carbocycles. The molecular formula is C19H20FNO4S. The third-order valence-electron chi connectivity index (χ3n) is 3.74. The van der Waals surface area contributed by atoms with Gasteiger partial charge in [-0.2, -0.15) is 0 Å². The van der Waals surface area contributed by atoms with E-state index in [1.165, 1.54) is 42.5 Å². The van der Waals surface area contributed by atoms with E-state index in [1.807, 2.05) is 0 Å². The smallest absolute Gasteiger partial charge is 0.329 e. The SMILES string of the molecule is CC(C)[C@H](NC(=O)c1cccs1)C(=O)O[C@H](C)C(=O)c1ccc(F)cc1. The number of benzene rings is 1. The summed E-state index contributed by atoms with van der Waals surface area (Å²) in [7, 11) is 0. The van der Waals surface area contributed by atoms with Crippen molar-refractivity contribution in [1.29, 1.82) is 0 Å². The van der Waals surface area contributed by atoms with Gasteiger partial charge in [0.1, 0.15) is 11.9 Å². The van der Waals surface area contributed by atoms with Gasteiger partial charge in [-0.1, -0.05) is 19.9 Å². The average Bonchev–Trinajstić information content (AvgIpc) is 3.13. The summed E-state index contributed by atoms with van der Waals surface area (Å²) < 4.78 is 18.2. The molecule has 1 N–H and O–H groups in total. The fraction of sp³-hybridized carbons (Fsp3) is 0.316. The minimum absolute atomic E-state index is 0.223. The number of ether oxygens (including phenoxy) is 1. The van der Waals surface area contributed by atoms with Gasteiger partial charge in [0.05, 0.1) is 4.88 Å². The van der Waals surface area contributed by atoms with Gasteiger partial charge in [-0.3, -0.25) is 9.59 Å². The molecule has 2 aromatic rings. The molecule has 0 unspecified atom stereocenters. The molecule has 0 spiro atoms. The van der Waals surface area contributed by atoms with E-state index in [9.17, 15) is 18.8 Å². The Kier molecular flexibility index (Phi) is 6.63. The van der Waals surface area contributed by atoms with Crippen LogP contribution in [0.15, 0.2) is 41.8 Å². The van der Waals surface area contributed by atoms with Crippen molar-refractivity contribution >= 4 is 29.0 Å². The Morgan fingerprint density at radius 2 is 1.73 bits per heavy atom. The van der Waals surface area contributed by atoms with E-state index < -0.39 is 29.7 Å². The first-order chi connectivity index (χ1) is 12.3. The van der Waals surface area contributed by atoms with Crippen LogP contribution in [-0.2, 0) is 9.53 Å². The molecule has 0 aliphatic heterocycles. The minimum atomic E-state index is -1.05. The number of esters is 1. The highest BCUT2D eigenvalue weighted by Crippen LogP contribution is 2.13. The van der Waals surface area contributed by atoms with Crippen LogP contribution < -0.4 is 5.32 Å². The van der Waals surface area contributed by atoms with Gasteiger partial charge in [-0.15, -0.1) is 11.3 Å². The summed E-state index contributed by atoms with van der Waals surface area (Å²) in [5.41, 5.74) is 0.246. The number of carbonyl (C=O) groups excluding carboxylic acids is 3. The largest absolute Gasteiger partial charge is 0.453 e. The number of carbonyl (C=O) groups is 3. The molecule has 0 bridgehead atoms. The number of halogens is 1. The summed E-state index contributed by atoms with van der Waals surface area (Å²) >= 11 is 1.26. The first kappa shape index (κ1) is 19.8. The lowest BCUT2D eigenvalue weighted by molar-refractivity contribution is -0.149. The van der Waals surface area contributed by atoms with Crippen molar-refractivity contribution in [2.24, 2.45) is 5.92 Å². The van der Waals surface area contributed by atoms with Crippen molar-refractivity contribution in [3.63, 3.8) is 0 Å². The van der Waals surface area contributed by atoms with E-state index in [1.54, 1.807) is 31.4 Å². The number of thiophene rings is 1. The summed E-state index contributed by atoms with van der Waals surface area (Å²) in [4.78, 5) is 37.4. The Bertz CT molecular complexity index is 771. The second-order valence-corrected chi connectivity index (χ2v) is 7.07. The van der Waals surface area contributed by atoms with Crippen LogP contribution in [0.5, 0.6) is 0 Å². The van der Waals surface area contributed by atoms with Gasteiger partial charge in [-0.05, 0) is 48.6 Å². The van der Waals surface area contributed by atoms with Crippen LogP contribution >= 0.6 is 11.3 Å². The molecular weight excluding hydrogens is 357 g/mol. The van der Waals surface area contributed by atoms with Crippen LogP contribution in [0.1, 0.15) is 40.8 Å². The standard InChI is InChI=1S/C19H20FNO4S/c1-11(2)16(21-18(23)15-5-4-10-26-15)19(24)25-12(3)17(22)13-6-8-14(20)9-7-13/h4-12,16H,1-3H3,(H,21,23)/t12-,16+/m1/s1. The number of rotatable bonds is 7. The molecule has 0 radical (unpaired) electrons. The van der Waals surface area contributed by atoms with Crippen molar-refractivity contribution < 1.29 is 23.5 Å². The highest BCUT2D eigenvalue weighted by atomic mass is 32.1. The van der Waals surface area contributed by atoms with Crippen LogP contribution in [0, 0.1) is 11.7 Å². The monoisotopic (exact) mass is 377 g/mol. The normalized spacial score (nSPS) is 13.1. The zero-order chi connectivity index (χ0) is 19.3. The molecule has 0 aliphatic carbocycles. The fourth-order valence-electron chi connectivity index (χ4n) is 2.27. The topological polar surface area (TPSA) is 72.5 Å². The molecule has 1 heterocycles. The molecule has 0 fully saturated rings. The van der Waals surface area contributed by atoms with E-state index in [4.69, 9.17) is 4.74 Å². The van der Waals surface area contributed by atoms with Crippen molar-refractivity contribution in [2.45, 2.75) is 32.9 Å². The predicted molar refractivity (Wildman–Crippen MR) is 96.7 cm³/mol. The van der Waals surface area contributed by atoms with Gasteiger partial charge < -0.3 is 10.1 Å². The number of Topliss-reactive ketones (excluding diaryl/α,β-unsaturated/α-hetero) is 1. The number of amides is 1. The first-order valence-corrected chi connectivity index (χ1v) is 9.02. The molecule has 1 aromatic carbocycles. The zero-order valence-corrected chi connectivity index (χ0v) is 15.5. The van der Waals surface area contributed by atoms with E-state index >= 15 is 0 Å². The summed E-state index contributed by atoms with van der Waals surface area (Å²) in [5, 5.41) is 4.41. The summed E-state index contributed by atoms with van der Waals surface area (Å²) in [6, 6.07) is 7.52. The van der Waals surface area contributed by atoms with Crippen LogP contribution in [0.2, 0.25) is 0 Å². The Balaban J connectivity index is 2.03. The molecule has 0 saturated heterocycles. The van der Waals surface area contributed by atoms with Crippen molar-refractivity contribution in [1.82, 2.24) is 5.32 Å². The third kappa shape index (κ3) is 4.98. The summed E-state index contributed by atoms with van der Waals surface area (Å²) in [6.45, 7) is 4.99. The number of hydrogen-bond acceptors (Lipinski definition) is 5. The Labute approximate surface area is 155 Å². The van der Waals surface area contributed by atoms with Gasteiger partial charge in [0, 0.05) is 5.56 Å². The van der Waals surface area contributed by atoms with Crippen LogP contribution in [-0.4, -0.2) is 29.8 Å². The highest BCUT2D eigenvalue weighted by molar-refractivity contribution is 7.12. The van der Waals surface area contributed by atoms with E-state index in [-0.39, 0.29) is 17.4 Å². The Hall–Kier alpha value is -2.54. The molecule has 7 heteroatoms. The fourth-order valence-corrected chi connectivity index (χ4v) is 2.89. The molecule has 0 aliphatic rings.